The molecule has 1 N–H and O–H groups in total. The van der Waals surface area contributed by atoms with Gasteiger partial charge in [-0.3, -0.25) is 10.1 Å². The summed E-state index contributed by atoms with van der Waals surface area (Å²) in [5.74, 6) is 1.15. The molecule has 0 saturated carbocycles. The van der Waals surface area contributed by atoms with Gasteiger partial charge in [0.1, 0.15) is 12.7 Å². The summed E-state index contributed by atoms with van der Waals surface area (Å²) in [5.41, 5.74) is -0.288. The summed E-state index contributed by atoms with van der Waals surface area (Å²) in [6, 6.07) is 12.0. The van der Waals surface area contributed by atoms with E-state index in [0.29, 0.717) is 11.5 Å². The molecule has 1 heterocycles. The number of sulfonamides is 1. The smallest absolute Gasteiger partial charge is 0.270 e. The number of ether oxygens (including phenoxy) is 2. The quantitative estimate of drug-likeness (QED) is 0.650. The van der Waals surface area contributed by atoms with Crippen molar-refractivity contribution in [3.63, 3.8) is 0 Å². The highest BCUT2D eigenvalue weighted by Crippen LogP contribution is 2.30. The lowest BCUT2D eigenvalue weighted by atomic mass is 10.2. The number of hydrogen-bond acceptors (Lipinski definition) is 6. The predicted molar refractivity (Wildman–Crippen MR) is 84.6 cm³/mol. The first-order valence-corrected chi connectivity index (χ1v) is 8.56. The average molecular weight is 350 g/mol. The number of hydrogen-bond donors (Lipinski definition) is 1. The number of benzene rings is 2. The van der Waals surface area contributed by atoms with E-state index in [1.807, 2.05) is 6.07 Å². The number of rotatable bonds is 5. The van der Waals surface area contributed by atoms with Crippen molar-refractivity contribution in [3.05, 3.63) is 58.6 Å². The molecule has 2 aromatic carbocycles. The zero-order chi connectivity index (χ0) is 17.2. The Balaban J connectivity index is 1.68. The highest BCUT2D eigenvalue weighted by molar-refractivity contribution is 7.89. The lowest BCUT2D eigenvalue weighted by Crippen LogP contribution is -2.40. The molecule has 1 aliphatic rings. The zero-order valence-corrected chi connectivity index (χ0v) is 13.2. The first kappa shape index (κ1) is 16.2. The summed E-state index contributed by atoms with van der Waals surface area (Å²) in [6.07, 6.45) is -0.492. The molecule has 0 saturated heterocycles. The van der Waals surface area contributed by atoms with E-state index in [9.17, 15) is 18.5 Å². The topological polar surface area (TPSA) is 108 Å². The second kappa shape index (κ2) is 6.46. The molecule has 1 aliphatic heterocycles. The monoisotopic (exact) mass is 350 g/mol. The predicted octanol–water partition coefficient (Wildman–Crippen LogP) is 1.71. The molecule has 0 bridgehead atoms. The van der Waals surface area contributed by atoms with Crippen LogP contribution < -0.4 is 14.2 Å². The van der Waals surface area contributed by atoms with Gasteiger partial charge in [-0.25, -0.2) is 13.1 Å². The fraction of sp³-hybridized carbons (Fsp3) is 0.200. The Morgan fingerprint density at radius 3 is 2.67 bits per heavy atom. The first-order valence-electron chi connectivity index (χ1n) is 7.08. The van der Waals surface area contributed by atoms with E-state index in [2.05, 4.69) is 4.72 Å². The van der Waals surface area contributed by atoms with Crippen molar-refractivity contribution in [2.24, 2.45) is 0 Å². The van der Waals surface area contributed by atoms with Crippen molar-refractivity contribution in [2.75, 3.05) is 13.2 Å². The van der Waals surface area contributed by atoms with Crippen LogP contribution in [0.2, 0.25) is 0 Å². The van der Waals surface area contributed by atoms with E-state index < -0.39 is 21.1 Å². The van der Waals surface area contributed by atoms with Crippen LogP contribution in [0.4, 0.5) is 5.69 Å². The Morgan fingerprint density at radius 2 is 1.92 bits per heavy atom. The van der Waals surface area contributed by atoms with Gasteiger partial charge < -0.3 is 9.47 Å². The van der Waals surface area contributed by atoms with Crippen molar-refractivity contribution in [1.82, 2.24) is 4.72 Å². The number of para-hydroxylation sites is 2. The number of fused-ring (bicyclic) bond motifs is 1. The van der Waals surface area contributed by atoms with Gasteiger partial charge in [-0.05, 0) is 18.2 Å². The fourth-order valence-corrected chi connectivity index (χ4v) is 3.32. The molecule has 0 aliphatic carbocycles. The SMILES string of the molecule is O=[N+]([O-])c1cccc(S(=O)(=O)NC[C@H]2COc3ccccc3O2)c1. The maximum Gasteiger partial charge on any atom is 0.270 e. The molecule has 1 atom stereocenters. The van der Waals surface area contributed by atoms with Gasteiger partial charge in [0.2, 0.25) is 10.0 Å². The van der Waals surface area contributed by atoms with Gasteiger partial charge in [0.25, 0.3) is 5.69 Å². The molecule has 0 spiro atoms. The lowest BCUT2D eigenvalue weighted by Gasteiger charge is -2.26. The third-order valence-corrected chi connectivity index (χ3v) is 4.83. The van der Waals surface area contributed by atoms with Crippen molar-refractivity contribution in [2.45, 2.75) is 11.0 Å². The molecular weight excluding hydrogens is 336 g/mol. The zero-order valence-electron chi connectivity index (χ0n) is 12.4. The minimum atomic E-state index is -3.88. The minimum Gasteiger partial charge on any atom is -0.486 e. The first-order chi connectivity index (χ1) is 11.5. The van der Waals surface area contributed by atoms with Crippen molar-refractivity contribution < 1.29 is 22.8 Å². The van der Waals surface area contributed by atoms with Gasteiger partial charge in [-0.15, -0.1) is 0 Å². The number of nitro groups is 1. The summed E-state index contributed by atoms with van der Waals surface area (Å²) in [4.78, 5) is 9.94. The molecular formula is C15H14N2O6S. The van der Waals surface area contributed by atoms with Crippen LogP contribution in [0, 0.1) is 10.1 Å². The molecule has 0 radical (unpaired) electrons. The van der Waals surface area contributed by atoms with E-state index in [4.69, 9.17) is 9.47 Å². The maximum atomic E-state index is 12.3. The highest BCUT2D eigenvalue weighted by atomic mass is 32.2. The van der Waals surface area contributed by atoms with Gasteiger partial charge in [-0.2, -0.15) is 0 Å². The van der Waals surface area contributed by atoms with Crippen LogP contribution in [0.3, 0.4) is 0 Å². The molecule has 2 aromatic rings. The standard InChI is InChI=1S/C15H14N2O6S/c18-17(19)11-4-3-5-13(8-11)24(20,21)16-9-12-10-22-14-6-1-2-7-15(14)23-12/h1-8,12,16H,9-10H2/t12-/m0/s1. The average Bonchev–Trinajstić information content (AvgIpc) is 2.60. The van der Waals surface area contributed by atoms with Crippen LogP contribution in [0.5, 0.6) is 11.5 Å². The van der Waals surface area contributed by atoms with E-state index in [0.717, 1.165) is 6.07 Å². The second-order valence-electron chi connectivity index (χ2n) is 5.10. The van der Waals surface area contributed by atoms with E-state index in [1.165, 1.54) is 18.2 Å². The Kier molecular flexibility index (Phi) is 4.36. The number of nitrogens with zero attached hydrogens (tertiary/aromatic N) is 1. The number of non-ortho nitro benzene ring substituents is 1. The molecule has 0 amide bonds. The summed E-state index contributed by atoms with van der Waals surface area (Å²) in [5, 5.41) is 10.8. The largest absolute Gasteiger partial charge is 0.486 e. The van der Waals surface area contributed by atoms with Gasteiger partial charge in [0.15, 0.2) is 11.5 Å². The summed E-state index contributed by atoms with van der Waals surface area (Å²) in [6.45, 7) is 0.188. The lowest BCUT2D eigenvalue weighted by molar-refractivity contribution is -0.385. The van der Waals surface area contributed by atoms with Gasteiger partial charge >= 0.3 is 0 Å². The Hall–Kier alpha value is -2.65. The molecule has 8 nitrogen and oxygen atoms in total. The molecule has 3 rings (SSSR count). The normalized spacial score (nSPS) is 16.6. The Bertz CT molecular complexity index is 868. The third-order valence-electron chi connectivity index (χ3n) is 3.41. The minimum absolute atomic E-state index is 0.0145. The van der Waals surface area contributed by atoms with Crippen LogP contribution in [0.25, 0.3) is 0 Å². The molecule has 0 fully saturated rings. The summed E-state index contributed by atoms with van der Waals surface area (Å²) >= 11 is 0. The third kappa shape index (κ3) is 3.47. The molecule has 0 unspecified atom stereocenters. The van der Waals surface area contributed by atoms with E-state index in [1.54, 1.807) is 18.2 Å². The summed E-state index contributed by atoms with van der Waals surface area (Å²) in [7, 11) is -3.88. The number of nitrogens with one attached hydrogen (secondary N) is 1. The van der Waals surface area contributed by atoms with Crippen molar-refractivity contribution in [3.8, 4) is 11.5 Å². The maximum absolute atomic E-state index is 12.3. The molecule has 9 heteroatoms. The van der Waals surface area contributed by atoms with E-state index >= 15 is 0 Å². The fourth-order valence-electron chi connectivity index (χ4n) is 2.21. The second-order valence-corrected chi connectivity index (χ2v) is 6.87. The van der Waals surface area contributed by atoms with Crippen molar-refractivity contribution >= 4 is 15.7 Å². The van der Waals surface area contributed by atoms with Gasteiger partial charge in [0.05, 0.1) is 16.4 Å². The molecule has 0 aromatic heterocycles. The van der Waals surface area contributed by atoms with Crippen molar-refractivity contribution in [1.29, 1.82) is 0 Å². The molecule has 24 heavy (non-hydrogen) atoms. The summed E-state index contributed by atoms with van der Waals surface area (Å²) < 4.78 is 38.1. The van der Waals surface area contributed by atoms with Crippen LogP contribution in [0.1, 0.15) is 0 Å². The Morgan fingerprint density at radius 1 is 1.17 bits per heavy atom. The Labute approximate surface area is 138 Å². The highest BCUT2D eigenvalue weighted by Gasteiger charge is 2.24. The van der Waals surface area contributed by atoms with Crippen LogP contribution >= 0.6 is 0 Å². The van der Waals surface area contributed by atoms with E-state index in [-0.39, 0.29) is 23.7 Å². The van der Waals surface area contributed by atoms with Gasteiger partial charge in [0, 0.05) is 12.1 Å². The van der Waals surface area contributed by atoms with Gasteiger partial charge in [-0.1, -0.05) is 18.2 Å². The van der Waals surface area contributed by atoms with Crippen LogP contribution in [-0.2, 0) is 10.0 Å². The van der Waals surface area contributed by atoms with Crippen LogP contribution in [-0.4, -0.2) is 32.6 Å². The number of nitro benzene ring substituents is 1. The van der Waals surface area contributed by atoms with Crippen LogP contribution in [0.15, 0.2) is 53.4 Å². The molecule has 126 valence electrons.